The molecule has 0 spiro atoms. The van der Waals surface area contributed by atoms with Crippen LogP contribution in [0.25, 0.3) is 0 Å². The van der Waals surface area contributed by atoms with Gasteiger partial charge in [-0.3, -0.25) is 0 Å². The van der Waals surface area contributed by atoms with Crippen LogP contribution in [-0.2, 0) is 0 Å². The van der Waals surface area contributed by atoms with Crippen molar-refractivity contribution < 1.29 is 4.74 Å². The molecule has 0 aliphatic rings. The summed E-state index contributed by atoms with van der Waals surface area (Å²) in [5.41, 5.74) is 5.41. The standard InChI is InChI=1S/C8H10N2O/c1-2-6-11-8-5-3-4-7(9)10-8/h2-5H,1,6H2,(H2,9,10). The van der Waals surface area contributed by atoms with E-state index in [2.05, 4.69) is 11.6 Å². The predicted molar refractivity (Wildman–Crippen MR) is 44.3 cm³/mol. The third kappa shape index (κ3) is 2.29. The number of rotatable bonds is 3. The van der Waals surface area contributed by atoms with Gasteiger partial charge >= 0.3 is 0 Å². The van der Waals surface area contributed by atoms with E-state index in [0.29, 0.717) is 18.3 Å². The first kappa shape index (κ1) is 7.60. The highest BCUT2D eigenvalue weighted by molar-refractivity contribution is 5.31. The third-order valence-electron chi connectivity index (χ3n) is 1.09. The molecule has 1 aromatic heterocycles. The smallest absolute Gasteiger partial charge is 0.215 e. The summed E-state index contributed by atoms with van der Waals surface area (Å²) in [4.78, 5) is 3.92. The molecule has 1 rings (SSSR count). The Hall–Kier alpha value is -1.51. The Labute approximate surface area is 65.5 Å². The minimum atomic E-state index is 0.455. The van der Waals surface area contributed by atoms with Crippen molar-refractivity contribution in [3.8, 4) is 5.88 Å². The Bertz CT molecular complexity index is 248. The molecule has 0 bridgehead atoms. The maximum Gasteiger partial charge on any atom is 0.215 e. The van der Waals surface area contributed by atoms with E-state index in [0.717, 1.165) is 0 Å². The summed E-state index contributed by atoms with van der Waals surface area (Å²) in [5.74, 6) is 0.997. The first-order chi connectivity index (χ1) is 5.33. The lowest BCUT2D eigenvalue weighted by atomic mass is 10.4. The molecule has 0 aliphatic heterocycles. The second-order valence-electron chi connectivity index (χ2n) is 2.00. The van der Waals surface area contributed by atoms with E-state index >= 15 is 0 Å². The highest BCUT2D eigenvalue weighted by Crippen LogP contribution is 2.07. The summed E-state index contributed by atoms with van der Waals surface area (Å²) in [6.45, 7) is 3.97. The van der Waals surface area contributed by atoms with Gasteiger partial charge in [-0.05, 0) is 6.07 Å². The molecule has 0 saturated carbocycles. The van der Waals surface area contributed by atoms with Gasteiger partial charge in [0.15, 0.2) is 0 Å². The molecule has 0 unspecified atom stereocenters. The van der Waals surface area contributed by atoms with Crippen LogP contribution in [-0.4, -0.2) is 11.6 Å². The van der Waals surface area contributed by atoms with Crippen LogP contribution in [0.15, 0.2) is 30.9 Å². The number of nitrogens with zero attached hydrogens (tertiary/aromatic N) is 1. The Morgan fingerprint density at radius 1 is 1.64 bits per heavy atom. The fraction of sp³-hybridized carbons (Fsp3) is 0.125. The summed E-state index contributed by atoms with van der Waals surface area (Å²) in [7, 11) is 0. The quantitative estimate of drug-likeness (QED) is 0.659. The van der Waals surface area contributed by atoms with Gasteiger partial charge in [0.2, 0.25) is 5.88 Å². The number of hydrogen-bond donors (Lipinski definition) is 1. The van der Waals surface area contributed by atoms with Crippen molar-refractivity contribution in [1.82, 2.24) is 4.98 Å². The number of nitrogens with two attached hydrogens (primary N) is 1. The molecular weight excluding hydrogens is 140 g/mol. The first-order valence-corrected chi connectivity index (χ1v) is 3.29. The van der Waals surface area contributed by atoms with Crippen molar-refractivity contribution in [3.63, 3.8) is 0 Å². The highest BCUT2D eigenvalue weighted by Gasteiger charge is 1.91. The zero-order valence-corrected chi connectivity index (χ0v) is 6.16. The van der Waals surface area contributed by atoms with E-state index in [1.54, 1.807) is 24.3 Å². The van der Waals surface area contributed by atoms with Crippen LogP contribution >= 0.6 is 0 Å². The fourth-order valence-corrected chi connectivity index (χ4v) is 0.655. The van der Waals surface area contributed by atoms with Gasteiger partial charge in [0.05, 0.1) is 0 Å². The summed E-state index contributed by atoms with van der Waals surface area (Å²) in [6.07, 6.45) is 1.66. The Balaban J connectivity index is 2.63. The average molecular weight is 150 g/mol. The van der Waals surface area contributed by atoms with Crippen molar-refractivity contribution in [2.75, 3.05) is 12.3 Å². The third-order valence-corrected chi connectivity index (χ3v) is 1.09. The lowest BCUT2D eigenvalue weighted by Gasteiger charge is -2.00. The number of ether oxygens (including phenoxy) is 1. The van der Waals surface area contributed by atoms with Crippen molar-refractivity contribution >= 4 is 5.82 Å². The van der Waals surface area contributed by atoms with E-state index < -0.39 is 0 Å². The Morgan fingerprint density at radius 3 is 3.09 bits per heavy atom. The molecule has 3 nitrogen and oxygen atoms in total. The molecule has 0 amide bonds. The van der Waals surface area contributed by atoms with Crippen molar-refractivity contribution in [3.05, 3.63) is 30.9 Å². The normalized spacial score (nSPS) is 9.09. The Kier molecular flexibility index (Phi) is 2.49. The van der Waals surface area contributed by atoms with Gasteiger partial charge in [0, 0.05) is 6.07 Å². The minimum absolute atomic E-state index is 0.455. The number of aromatic nitrogens is 1. The van der Waals surface area contributed by atoms with E-state index in [4.69, 9.17) is 10.5 Å². The number of anilines is 1. The lowest BCUT2D eigenvalue weighted by molar-refractivity contribution is 0.349. The van der Waals surface area contributed by atoms with E-state index in [-0.39, 0.29) is 0 Å². The van der Waals surface area contributed by atoms with Crippen LogP contribution in [0.4, 0.5) is 5.82 Å². The molecule has 0 radical (unpaired) electrons. The van der Waals surface area contributed by atoms with Gasteiger partial charge < -0.3 is 10.5 Å². The molecule has 0 fully saturated rings. The molecule has 1 heterocycles. The monoisotopic (exact) mass is 150 g/mol. The van der Waals surface area contributed by atoms with Crippen LogP contribution in [0, 0.1) is 0 Å². The largest absolute Gasteiger partial charge is 0.473 e. The maximum atomic E-state index is 5.41. The molecule has 1 aromatic rings. The molecule has 0 atom stereocenters. The van der Waals surface area contributed by atoms with Gasteiger partial charge in [-0.25, -0.2) is 0 Å². The zero-order valence-electron chi connectivity index (χ0n) is 6.16. The summed E-state index contributed by atoms with van der Waals surface area (Å²) < 4.78 is 5.13. The molecule has 58 valence electrons. The molecule has 3 heteroatoms. The molecule has 0 saturated heterocycles. The summed E-state index contributed by atoms with van der Waals surface area (Å²) in [5, 5.41) is 0. The van der Waals surface area contributed by atoms with Crippen LogP contribution < -0.4 is 10.5 Å². The van der Waals surface area contributed by atoms with E-state index in [9.17, 15) is 0 Å². The molecule has 0 aromatic carbocycles. The first-order valence-electron chi connectivity index (χ1n) is 3.29. The average Bonchev–Trinajstić information content (AvgIpc) is 2.01. The van der Waals surface area contributed by atoms with Crippen LogP contribution in [0.5, 0.6) is 5.88 Å². The van der Waals surface area contributed by atoms with Crippen molar-refractivity contribution in [1.29, 1.82) is 0 Å². The molecule has 0 aliphatic carbocycles. The van der Waals surface area contributed by atoms with Gasteiger partial charge in [0.25, 0.3) is 0 Å². The van der Waals surface area contributed by atoms with Gasteiger partial charge in [-0.1, -0.05) is 18.7 Å². The molecule has 11 heavy (non-hydrogen) atoms. The van der Waals surface area contributed by atoms with Crippen LogP contribution in [0.1, 0.15) is 0 Å². The highest BCUT2D eigenvalue weighted by atomic mass is 16.5. The summed E-state index contributed by atoms with van der Waals surface area (Å²) in [6, 6.07) is 5.25. The molecular formula is C8H10N2O. The zero-order chi connectivity index (χ0) is 8.10. The second-order valence-corrected chi connectivity index (χ2v) is 2.00. The van der Waals surface area contributed by atoms with Crippen molar-refractivity contribution in [2.24, 2.45) is 0 Å². The fourth-order valence-electron chi connectivity index (χ4n) is 0.655. The van der Waals surface area contributed by atoms with Crippen LogP contribution in [0.3, 0.4) is 0 Å². The number of nitrogen functional groups attached to an aromatic ring is 1. The SMILES string of the molecule is C=CCOc1cccc(N)n1. The molecule has 2 N–H and O–H groups in total. The van der Waals surface area contributed by atoms with Crippen LogP contribution in [0.2, 0.25) is 0 Å². The van der Waals surface area contributed by atoms with E-state index in [1.807, 2.05) is 0 Å². The van der Waals surface area contributed by atoms with E-state index in [1.165, 1.54) is 0 Å². The maximum absolute atomic E-state index is 5.41. The van der Waals surface area contributed by atoms with Crippen molar-refractivity contribution in [2.45, 2.75) is 0 Å². The van der Waals surface area contributed by atoms with Gasteiger partial charge in [-0.2, -0.15) is 4.98 Å². The lowest BCUT2D eigenvalue weighted by Crippen LogP contribution is -1.97. The summed E-state index contributed by atoms with van der Waals surface area (Å²) >= 11 is 0. The Morgan fingerprint density at radius 2 is 2.45 bits per heavy atom. The number of pyridine rings is 1. The van der Waals surface area contributed by atoms with Gasteiger partial charge in [-0.15, -0.1) is 0 Å². The predicted octanol–water partition coefficient (Wildman–Crippen LogP) is 1.23. The topological polar surface area (TPSA) is 48.1 Å². The van der Waals surface area contributed by atoms with Gasteiger partial charge in [0.1, 0.15) is 12.4 Å². The number of hydrogen-bond acceptors (Lipinski definition) is 3. The minimum Gasteiger partial charge on any atom is -0.473 e. The second kappa shape index (κ2) is 3.61.